The smallest absolute Gasteiger partial charge is 0.213 e. The number of fused-ring (bicyclic) bond motifs is 1. The summed E-state index contributed by atoms with van der Waals surface area (Å²) in [5.41, 5.74) is 6.41. The summed E-state index contributed by atoms with van der Waals surface area (Å²) in [4.78, 5) is 25.0. The molecule has 0 spiro atoms. The highest BCUT2D eigenvalue weighted by molar-refractivity contribution is 5.80. The quantitative estimate of drug-likeness (QED) is 0.457. The monoisotopic (exact) mass is 411 g/mol. The van der Waals surface area contributed by atoms with Crippen molar-refractivity contribution in [1.29, 1.82) is 0 Å². The van der Waals surface area contributed by atoms with E-state index in [2.05, 4.69) is 37.9 Å². The van der Waals surface area contributed by atoms with Crippen LogP contribution in [0, 0.1) is 11.8 Å². The average molecular weight is 412 g/mol. The van der Waals surface area contributed by atoms with Crippen LogP contribution >= 0.6 is 0 Å². The van der Waals surface area contributed by atoms with Gasteiger partial charge in [-0.15, -0.1) is 0 Å². The van der Waals surface area contributed by atoms with E-state index in [0.717, 1.165) is 52.2 Å². The minimum atomic E-state index is 0.219. The van der Waals surface area contributed by atoms with Gasteiger partial charge in [0.25, 0.3) is 0 Å². The Morgan fingerprint density at radius 2 is 1.70 bits per heavy atom. The number of hydrogen-bond acceptors (Lipinski definition) is 6. The summed E-state index contributed by atoms with van der Waals surface area (Å²) < 4.78 is 7.50. The van der Waals surface area contributed by atoms with E-state index in [9.17, 15) is 4.91 Å². The fourth-order valence-corrected chi connectivity index (χ4v) is 3.26. The SMILES string of the molecule is CCC.CCOc1ccc(-c2nc3c(C)cn(CCN=O)c3nc2CC)c(CC)n1. The molecule has 0 aliphatic rings. The van der Waals surface area contributed by atoms with Gasteiger partial charge in [-0.25, -0.2) is 15.0 Å². The predicted molar refractivity (Wildman–Crippen MR) is 122 cm³/mol. The van der Waals surface area contributed by atoms with Crippen molar-refractivity contribution in [2.45, 2.75) is 67.3 Å². The molecule has 0 radical (unpaired) electrons. The molecule has 0 saturated carbocycles. The van der Waals surface area contributed by atoms with Crippen LogP contribution in [0.15, 0.2) is 23.5 Å². The predicted octanol–water partition coefficient (Wildman–Crippen LogP) is 5.51. The topological polar surface area (TPSA) is 82.3 Å². The summed E-state index contributed by atoms with van der Waals surface area (Å²) >= 11 is 0. The summed E-state index contributed by atoms with van der Waals surface area (Å²) in [5.74, 6) is 0.633. The van der Waals surface area contributed by atoms with Crippen molar-refractivity contribution in [1.82, 2.24) is 19.5 Å². The molecule has 0 atom stereocenters. The van der Waals surface area contributed by atoms with E-state index in [1.165, 1.54) is 6.42 Å². The first-order valence-electron chi connectivity index (χ1n) is 10.8. The van der Waals surface area contributed by atoms with Crippen LogP contribution < -0.4 is 4.74 Å². The maximum Gasteiger partial charge on any atom is 0.213 e. The number of aryl methyl sites for hydroxylation is 3. The van der Waals surface area contributed by atoms with Gasteiger partial charge < -0.3 is 9.30 Å². The van der Waals surface area contributed by atoms with Gasteiger partial charge >= 0.3 is 0 Å². The minimum absolute atomic E-state index is 0.219. The zero-order chi connectivity index (χ0) is 22.1. The van der Waals surface area contributed by atoms with Crippen LogP contribution in [-0.4, -0.2) is 32.7 Å². The Labute approximate surface area is 178 Å². The minimum Gasteiger partial charge on any atom is -0.478 e. The summed E-state index contributed by atoms with van der Waals surface area (Å²) in [6.07, 6.45) is 4.77. The van der Waals surface area contributed by atoms with Crippen LogP contribution in [0.1, 0.15) is 58.0 Å². The van der Waals surface area contributed by atoms with Crippen molar-refractivity contribution in [3.8, 4) is 17.1 Å². The lowest BCUT2D eigenvalue weighted by molar-refractivity contribution is 0.326. The van der Waals surface area contributed by atoms with E-state index in [1.807, 2.05) is 36.7 Å². The van der Waals surface area contributed by atoms with Crippen molar-refractivity contribution < 1.29 is 4.74 Å². The van der Waals surface area contributed by atoms with Gasteiger partial charge in [-0.3, -0.25) is 0 Å². The lowest BCUT2D eigenvalue weighted by Crippen LogP contribution is -2.05. The number of pyridine rings is 1. The molecule has 7 heteroatoms. The third-order valence-electron chi connectivity index (χ3n) is 4.54. The molecular formula is C23H33N5O2. The van der Waals surface area contributed by atoms with Crippen LogP contribution in [0.5, 0.6) is 5.88 Å². The zero-order valence-electron chi connectivity index (χ0n) is 19.0. The largest absolute Gasteiger partial charge is 0.478 e. The van der Waals surface area contributed by atoms with Gasteiger partial charge in [0, 0.05) is 24.4 Å². The van der Waals surface area contributed by atoms with E-state index in [1.54, 1.807) is 0 Å². The molecule has 3 rings (SSSR count). The van der Waals surface area contributed by atoms with Crippen molar-refractivity contribution in [3.05, 3.63) is 40.2 Å². The highest BCUT2D eigenvalue weighted by Gasteiger charge is 2.18. The Hall–Kier alpha value is -2.83. The second kappa shape index (κ2) is 11.4. The van der Waals surface area contributed by atoms with E-state index in [4.69, 9.17) is 14.7 Å². The molecule has 0 aliphatic heterocycles. The lowest BCUT2D eigenvalue weighted by atomic mass is 10.0. The Bertz CT molecular complexity index is 981. The summed E-state index contributed by atoms with van der Waals surface area (Å²) in [7, 11) is 0. The van der Waals surface area contributed by atoms with E-state index >= 15 is 0 Å². The van der Waals surface area contributed by atoms with E-state index in [0.29, 0.717) is 19.0 Å². The number of aromatic nitrogens is 4. The van der Waals surface area contributed by atoms with Gasteiger partial charge in [0.2, 0.25) is 5.88 Å². The number of nitroso groups, excluding NO2 is 1. The number of nitrogens with zero attached hydrogens (tertiary/aromatic N) is 5. The second-order valence-corrected chi connectivity index (χ2v) is 7.04. The molecule has 0 aromatic carbocycles. The van der Waals surface area contributed by atoms with E-state index in [-0.39, 0.29) is 6.54 Å². The summed E-state index contributed by atoms with van der Waals surface area (Å²) in [6, 6.07) is 3.91. The van der Waals surface area contributed by atoms with Gasteiger partial charge in [-0.1, -0.05) is 39.3 Å². The van der Waals surface area contributed by atoms with Crippen LogP contribution in [0.2, 0.25) is 0 Å². The zero-order valence-corrected chi connectivity index (χ0v) is 19.0. The molecule has 3 aromatic heterocycles. The second-order valence-electron chi connectivity index (χ2n) is 7.04. The fourth-order valence-electron chi connectivity index (χ4n) is 3.26. The molecule has 0 saturated heterocycles. The third-order valence-corrected chi connectivity index (χ3v) is 4.54. The number of ether oxygens (including phenoxy) is 1. The summed E-state index contributed by atoms with van der Waals surface area (Å²) in [6.45, 7) is 13.7. The maximum absolute atomic E-state index is 10.5. The van der Waals surface area contributed by atoms with Gasteiger partial charge in [0.05, 0.1) is 30.2 Å². The number of hydrogen-bond donors (Lipinski definition) is 0. The highest BCUT2D eigenvalue weighted by Crippen LogP contribution is 2.29. The lowest BCUT2D eigenvalue weighted by Gasteiger charge is -2.13. The van der Waals surface area contributed by atoms with Gasteiger partial charge in [-0.05, 0) is 38.3 Å². The number of rotatable bonds is 8. The first-order chi connectivity index (χ1) is 14.5. The molecule has 0 fully saturated rings. The molecule has 0 N–H and O–H groups in total. The van der Waals surface area contributed by atoms with Crippen molar-refractivity contribution >= 4 is 11.2 Å². The molecular weight excluding hydrogens is 378 g/mol. The Balaban J connectivity index is 0.00000101. The van der Waals surface area contributed by atoms with Crippen LogP contribution in [0.25, 0.3) is 22.4 Å². The Morgan fingerprint density at radius 3 is 2.30 bits per heavy atom. The first-order valence-corrected chi connectivity index (χ1v) is 10.8. The van der Waals surface area contributed by atoms with Crippen LogP contribution in [0.3, 0.4) is 0 Å². The fraction of sp³-hybridized carbons (Fsp3) is 0.522. The summed E-state index contributed by atoms with van der Waals surface area (Å²) in [5, 5.41) is 2.96. The van der Waals surface area contributed by atoms with Crippen molar-refractivity contribution in [3.63, 3.8) is 0 Å². The van der Waals surface area contributed by atoms with Gasteiger partial charge in [0.1, 0.15) is 5.52 Å². The van der Waals surface area contributed by atoms with Crippen molar-refractivity contribution in [2.75, 3.05) is 13.2 Å². The van der Waals surface area contributed by atoms with Crippen molar-refractivity contribution in [2.24, 2.45) is 5.18 Å². The Kier molecular flexibility index (Phi) is 8.89. The van der Waals surface area contributed by atoms with E-state index < -0.39 is 0 Å². The molecule has 0 aliphatic carbocycles. The normalized spacial score (nSPS) is 10.6. The average Bonchev–Trinajstić information content (AvgIpc) is 3.06. The molecule has 0 amide bonds. The Morgan fingerprint density at radius 1 is 1.00 bits per heavy atom. The highest BCUT2D eigenvalue weighted by atomic mass is 16.5. The third kappa shape index (κ3) is 5.20. The first kappa shape index (κ1) is 23.4. The molecule has 0 unspecified atom stereocenters. The maximum atomic E-state index is 10.5. The van der Waals surface area contributed by atoms with Gasteiger partial charge in [0.15, 0.2) is 5.65 Å². The molecule has 0 bridgehead atoms. The molecule has 3 aromatic rings. The molecule has 162 valence electrons. The molecule has 3 heterocycles. The van der Waals surface area contributed by atoms with Gasteiger partial charge in [-0.2, -0.15) is 4.91 Å². The molecule has 7 nitrogen and oxygen atoms in total. The van der Waals surface area contributed by atoms with Crippen LogP contribution in [-0.2, 0) is 19.4 Å². The standard InChI is InChI=1S/C20H25N5O2.C3H8/c1-5-15-14(8-9-17(22-15)27-7-3)19-16(6-2)23-20-18(24-19)13(4)12-25(20)11-10-21-26;1-3-2/h8-9,12H,5-7,10-11H2,1-4H3;3H2,1-2H3. The van der Waals surface area contributed by atoms with Crippen LogP contribution in [0.4, 0.5) is 0 Å². The molecule has 30 heavy (non-hydrogen) atoms.